The molecule has 360 valence electrons. The molecule has 2 N–H and O–H groups in total. The second-order valence-electron chi connectivity index (χ2n) is 18.8. The number of aliphatic hydroxyl groups is 1. The van der Waals surface area contributed by atoms with Crippen LogP contribution in [0.5, 0.6) is 0 Å². The Bertz CT molecular complexity index is 980. The molecule has 1 aliphatic carbocycles. The Hall–Kier alpha value is -1.71. The van der Waals surface area contributed by atoms with E-state index in [1.54, 1.807) is 0 Å². The Kier molecular flexibility index (Phi) is 39.7. The monoisotopic (exact) mass is 864 g/mol. The van der Waals surface area contributed by atoms with Crippen LogP contribution in [0.3, 0.4) is 0 Å². The summed E-state index contributed by atoms with van der Waals surface area (Å²) in [5.74, 6) is 0.590. The Balaban J connectivity index is 2.46. The van der Waals surface area contributed by atoms with Crippen molar-refractivity contribution in [3.8, 4) is 0 Å². The Morgan fingerprint density at radius 3 is 1.49 bits per heavy atom. The number of ether oxygens (including phenoxy) is 2. The molecule has 1 amide bonds. The number of hydrogen-bond donors (Lipinski definition) is 2. The lowest BCUT2D eigenvalue weighted by Crippen LogP contribution is -2.38. The van der Waals surface area contributed by atoms with Crippen LogP contribution in [0.25, 0.3) is 0 Å². The molecule has 0 aromatic heterocycles. The van der Waals surface area contributed by atoms with Crippen LogP contribution >= 0.6 is 0 Å². The van der Waals surface area contributed by atoms with E-state index in [1.807, 2.05) is 0 Å². The van der Waals surface area contributed by atoms with E-state index in [4.69, 9.17) is 9.47 Å². The van der Waals surface area contributed by atoms with Gasteiger partial charge in [-0.1, -0.05) is 156 Å². The molecule has 1 rings (SSSR count). The number of amides is 1. The van der Waals surface area contributed by atoms with Gasteiger partial charge in [-0.15, -0.1) is 0 Å². The van der Waals surface area contributed by atoms with Gasteiger partial charge in [0.15, 0.2) is 0 Å². The van der Waals surface area contributed by atoms with Crippen molar-refractivity contribution >= 4 is 17.8 Å². The zero-order chi connectivity index (χ0) is 44.4. The molecule has 9 nitrogen and oxygen atoms in total. The molecule has 9 heteroatoms. The molecule has 1 atom stereocenters. The Morgan fingerprint density at radius 2 is 0.951 bits per heavy atom. The van der Waals surface area contributed by atoms with Crippen LogP contribution in [-0.2, 0) is 23.9 Å². The van der Waals surface area contributed by atoms with E-state index >= 15 is 0 Å². The number of carbonyl (C=O) groups excluding carboxylic acids is 3. The zero-order valence-electron chi connectivity index (χ0n) is 40.8. The maximum atomic E-state index is 12.8. The lowest BCUT2D eigenvalue weighted by Gasteiger charge is -2.27. The highest BCUT2D eigenvalue weighted by atomic mass is 16.5. The molecular weight excluding hydrogens is 763 g/mol. The van der Waals surface area contributed by atoms with Crippen molar-refractivity contribution in [2.24, 2.45) is 11.8 Å². The van der Waals surface area contributed by atoms with Crippen molar-refractivity contribution in [1.82, 2.24) is 15.1 Å². The highest BCUT2D eigenvalue weighted by Crippen LogP contribution is 2.27. The first-order valence-corrected chi connectivity index (χ1v) is 26.5. The molecule has 0 radical (unpaired) electrons. The quantitative estimate of drug-likeness (QED) is 0.0460. The number of nitrogens with zero attached hydrogens (tertiary/aromatic N) is 2. The maximum absolute atomic E-state index is 12.8. The van der Waals surface area contributed by atoms with Crippen molar-refractivity contribution in [2.45, 2.75) is 246 Å². The lowest BCUT2D eigenvalue weighted by molar-refractivity contribution is -0.149. The van der Waals surface area contributed by atoms with Crippen LogP contribution < -0.4 is 5.32 Å². The summed E-state index contributed by atoms with van der Waals surface area (Å²) in [6.45, 7) is 15.2. The summed E-state index contributed by atoms with van der Waals surface area (Å²) < 4.78 is 11.4. The number of aliphatic hydroxyl groups excluding tert-OH is 1. The third kappa shape index (κ3) is 36.3. The van der Waals surface area contributed by atoms with Crippen molar-refractivity contribution in [3.05, 3.63) is 0 Å². The SMILES string of the molecule is CCCCCCCCC(CCCCCC)CNC(=O)CCCCCN(CCO)CCN(CCCCC(COC(=O)CCCCCCC)COC(=O)CCCCCCC)C1CC1. The second kappa shape index (κ2) is 42.3. The van der Waals surface area contributed by atoms with Gasteiger partial charge in [0.25, 0.3) is 0 Å². The number of esters is 2. The van der Waals surface area contributed by atoms with Gasteiger partial charge in [0.1, 0.15) is 0 Å². The van der Waals surface area contributed by atoms with Crippen molar-refractivity contribution in [3.63, 3.8) is 0 Å². The number of nitrogens with one attached hydrogen (secondary N) is 1. The van der Waals surface area contributed by atoms with E-state index in [2.05, 4.69) is 42.8 Å². The standard InChI is InChI=1S/C52H101N3O6/c1-5-9-13-17-20-23-31-47(30-22-16-12-8-4)44-53-50(57)33-24-21-28-38-54(42-43-56)40-41-55(49-36-37-49)39-29-27-32-48(45-60-51(58)34-25-18-14-10-6-2)46-61-52(59)35-26-19-15-11-7-3/h47-49,56H,5-46H2,1-4H3,(H,53,57). The average Bonchev–Trinajstić information content (AvgIpc) is 4.11. The molecule has 1 aliphatic rings. The summed E-state index contributed by atoms with van der Waals surface area (Å²) in [7, 11) is 0. The number of carbonyl (C=O) groups is 3. The third-order valence-electron chi connectivity index (χ3n) is 12.8. The highest BCUT2D eigenvalue weighted by Gasteiger charge is 2.28. The fraction of sp³-hybridized carbons (Fsp3) is 0.942. The third-order valence-corrected chi connectivity index (χ3v) is 12.8. The fourth-order valence-corrected chi connectivity index (χ4v) is 8.50. The summed E-state index contributed by atoms with van der Waals surface area (Å²) >= 11 is 0. The van der Waals surface area contributed by atoms with Crippen LogP contribution in [0, 0.1) is 11.8 Å². The summed E-state index contributed by atoms with van der Waals surface area (Å²) in [5, 5.41) is 13.1. The van der Waals surface area contributed by atoms with Gasteiger partial charge in [-0.3, -0.25) is 24.2 Å². The van der Waals surface area contributed by atoms with Gasteiger partial charge in [0.05, 0.1) is 19.8 Å². The van der Waals surface area contributed by atoms with Gasteiger partial charge in [-0.05, 0) is 83.2 Å². The summed E-state index contributed by atoms with van der Waals surface area (Å²) in [6.07, 6.45) is 36.6. The molecule has 0 saturated heterocycles. The molecule has 0 aromatic rings. The van der Waals surface area contributed by atoms with E-state index < -0.39 is 0 Å². The van der Waals surface area contributed by atoms with Crippen molar-refractivity contribution in [2.75, 3.05) is 59.1 Å². The van der Waals surface area contributed by atoms with E-state index in [9.17, 15) is 19.5 Å². The van der Waals surface area contributed by atoms with Gasteiger partial charge in [-0.2, -0.15) is 0 Å². The smallest absolute Gasteiger partial charge is 0.305 e. The molecule has 1 saturated carbocycles. The molecule has 1 fully saturated rings. The fourth-order valence-electron chi connectivity index (χ4n) is 8.50. The summed E-state index contributed by atoms with van der Waals surface area (Å²) in [6, 6.07) is 0.656. The van der Waals surface area contributed by atoms with Crippen LogP contribution in [0.15, 0.2) is 0 Å². The number of hydrogen-bond acceptors (Lipinski definition) is 8. The minimum Gasteiger partial charge on any atom is -0.465 e. The molecular formula is C52H101N3O6. The van der Waals surface area contributed by atoms with Gasteiger partial charge in [0, 0.05) is 57.4 Å². The average molecular weight is 864 g/mol. The van der Waals surface area contributed by atoms with E-state index in [-0.39, 0.29) is 30.4 Å². The van der Waals surface area contributed by atoms with Crippen LogP contribution in [0.2, 0.25) is 0 Å². The van der Waals surface area contributed by atoms with E-state index in [0.29, 0.717) is 51.0 Å². The van der Waals surface area contributed by atoms with Gasteiger partial charge >= 0.3 is 11.9 Å². The minimum atomic E-state index is -0.132. The predicted molar refractivity (Wildman–Crippen MR) is 256 cm³/mol. The predicted octanol–water partition coefficient (Wildman–Crippen LogP) is 12.4. The molecule has 0 bridgehead atoms. The largest absolute Gasteiger partial charge is 0.465 e. The number of unbranched alkanes of at least 4 members (excludes halogenated alkanes) is 19. The van der Waals surface area contributed by atoms with E-state index in [1.165, 1.54) is 128 Å². The molecule has 61 heavy (non-hydrogen) atoms. The normalized spacial score (nSPS) is 13.4. The first kappa shape index (κ1) is 57.3. The van der Waals surface area contributed by atoms with Crippen molar-refractivity contribution < 1.29 is 29.0 Å². The highest BCUT2D eigenvalue weighted by molar-refractivity contribution is 5.75. The Morgan fingerprint density at radius 1 is 0.508 bits per heavy atom. The molecule has 0 spiro atoms. The van der Waals surface area contributed by atoms with Gasteiger partial charge < -0.3 is 19.9 Å². The van der Waals surface area contributed by atoms with Gasteiger partial charge in [0.2, 0.25) is 5.91 Å². The van der Waals surface area contributed by atoms with Crippen LogP contribution in [0.4, 0.5) is 0 Å². The molecule has 0 aromatic carbocycles. The molecule has 1 unspecified atom stereocenters. The Labute approximate surface area is 377 Å². The molecule has 0 heterocycles. The zero-order valence-corrected chi connectivity index (χ0v) is 40.8. The maximum Gasteiger partial charge on any atom is 0.305 e. The first-order valence-electron chi connectivity index (χ1n) is 26.5. The lowest BCUT2D eigenvalue weighted by atomic mass is 9.94. The van der Waals surface area contributed by atoms with Crippen molar-refractivity contribution in [1.29, 1.82) is 0 Å². The summed E-state index contributed by atoms with van der Waals surface area (Å²) in [5.41, 5.74) is 0. The second-order valence-corrected chi connectivity index (χ2v) is 18.8. The van der Waals surface area contributed by atoms with Crippen LogP contribution in [-0.4, -0.2) is 97.9 Å². The minimum absolute atomic E-state index is 0.0284. The van der Waals surface area contributed by atoms with Gasteiger partial charge in [-0.25, -0.2) is 0 Å². The summed E-state index contributed by atoms with van der Waals surface area (Å²) in [4.78, 5) is 42.9. The van der Waals surface area contributed by atoms with Crippen LogP contribution in [0.1, 0.15) is 240 Å². The number of rotatable bonds is 47. The molecule has 0 aliphatic heterocycles. The topological polar surface area (TPSA) is 108 Å². The van der Waals surface area contributed by atoms with E-state index in [0.717, 1.165) is 96.9 Å². The first-order chi connectivity index (χ1) is 29.9.